The summed E-state index contributed by atoms with van der Waals surface area (Å²) in [5.41, 5.74) is 1.53. The first-order valence-electron chi connectivity index (χ1n) is 9.25. The normalized spacial score (nSPS) is 20.3. The summed E-state index contributed by atoms with van der Waals surface area (Å²) in [6.07, 6.45) is 1.82. The van der Waals surface area contributed by atoms with E-state index < -0.39 is 6.43 Å². The molecule has 1 aromatic carbocycles. The SMILES string of the molecule is CN=C(NCC1(c2ccccc2Br)CC1)NC1CCN(CC(F)F)CC1.I. The number of rotatable bonds is 6. The van der Waals surface area contributed by atoms with E-state index in [2.05, 4.69) is 49.8 Å². The molecule has 8 heteroatoms. The maximum absolute atomic E-state index is 12.5. The summed E-state index contributed by atoms with van der Waals surface area (Å²) in [5, 5.41) is 6.93. The summed E-state index contributed by atoms with van der Waals surface area (Å²) in [6.45, 7) is 2.15. The topological polar surface area (TPSA) is 39.7 Å². The van der Waals surface area contributed by atoms with Gasteiger partial charge >= 0.3 is 0 Å². The number of benzene rings is 1. The molecule has 0 unspecified atom stereocenters. The van der Waals surface area contributed by atoms with Crippen molar-refractivity contribution in [2.75, 3.05) is 33.2 Å². The first kappa shape index (κ1) is 22.8. The molecule has 1 aliphatic heterocycles. The Balaban J connectivity index is 0.00000261. The number of likely N-dealkylation sites (tertiary alicyclic amines) is 1. The Kier molecular flexibility index (Phi) is 8.73. The smallest absolute Gasteiger partial charge is 0.251 e. The van der Waals surface area contributed by atoms with Crippen LogP contribution in [0.15, 0.2) is 33.7 Å². The lowest BCUT2D eigenvalue weighted by atomic mass is 9.96. The van der Waals surface area contributed by atoms with E-state index >= 15 is 0 Å². The van der Waals surface area contributed by atoms with E-state index in [-0.39, 0.29) is 42.0 Å². The minimum Gasteiger partial charge on any atom is -0.356 e. The third-order valence-electron chi connectivity index (χ3n) is 5.44. The van der Waals surface area contributed by atoms with Gasteiger partial charge in [0.1, 0.15) is 0 Å². The lowest BCUT2D eigenvalue weighted by molar-refractivity contribution is 0.0744. The Morgan fingerprint density at radius 1 is 1.30 bits per heavy atom. The third kappa shape index (κ3) is 6.25. The van der Waals surface area contributed by atoms with E-state index in [4.69, 9.17) is 0 Å². The van der Waals surface area contributed by atoms with E-state index in [0.29, 0.717) is 13.1 Å². The van der Waals surface area contributed by atoms with Crippen LogP contribution in [0.4, 0.5) is 8.78 Å². The number of alkyl halides is 2. The zero-order chi connectivity index (χ0) is 18.6. The van der Waals surface area contributed by atoms with Crippen LogP contribution < -0.4 is 10.6 Å². The zero-order valence-corrected chi connectivity index (χ0v) is 19.5. The molecule has 0 radical (unpaired) electrons. The van der Waals surface area contributed by atoms with Crippen molar-refractivity contribution in [1.82, 2.24) is 15.5 Å². The fourth-order valence-electron chi connectivity index (χ4n) is 3.68. The summed E-state index contributed by atoms with van der Waals surface area (Å²) in [5.74, 6) is 0.802. The van der Waals surface area contributed by atoms with Gasteiger partial charge in [-0.25, -0.2) is 8.78 Å². The predicted octanol–water partition coefficient (Wildman–Crippen LogP) is 3.99. The van der Waals surface area contributed by atoms with E-state index in [1.807, 2.05) is 11.0 Å². The summed E-state index contributed by atoms with van der Waals surface area (Å²) < 4.78 is 26.1. The van der Waals surface area contributed by atoms with E-state index in [1.54, 1.807) is 7.05 Å². The summed E-state index contributed by atoms with van der Waals surface area (Å²) in [7, 11) is 1.78. The number of aliphatic imine (C=N–C) groups is 1. The molecule has 2 fully saturated rings. The standard InChI is InChI=1S/C19H27BrF2N4.HI/c1-23-18(25-14-6-10-26(11-7-14)12-17(21)22)24-13-19(8-9-19)15-4-2-3-5-16(15)20;/h2-5,14,17H,6-13H2,1H3,(H2,23,24,25);1H. The molecule has 0 atom stereocenters. The molecule has 0 aromatic heterocycles. The second kappa shape index (κ2) is 10.3. The maximum Gasteiger partial charge on any atom is 0.251 e. The molecule has 1 saturated carbocycles. The Bertz CT molecular complexity index is 632. The van der Waals surface area contributed by atoms with Crippen LogP contribution in [0.5, 0.6) is 0 Å². The molecule has 2 aliphatic rings. The van der Waals surface area contributed by atoms with Gasteiger partial charge in [-0.1, -0.05) is 34.1 Å². The zero-order valence-electron chi connectivity index (χ0n) is 15.6. The van der Waals surface area contributed by atoms with Crippen molar-refractivity contribution in [1.29, 1.82) is 0 Å². The number of guanidine groups is 1. The maximum atomic E-state index is 12.5. The second-order valence-corrected chi connectivity index (χ2v) is 8.15. The average molecular weight is 557 g/mol. The van der Waals surface area contributed by atoms with E-state index in [1.165, 1.54) is 18.4 Å². The molecular formula is C19H28BrF2IN4. The molecule has 4 nitrogen and oxygen atoms in total. The van der Waals surface area contributed by atoms with Crippen LogP contribution in [0.1, 0.15) is 31.2 Å². The Morgan fingerprint density at radius 3 is 2.52 bits per heavy atom. The predicted molar refractivity (Wildman–Crippen MR) is 120 cm³/mol. The van der Waals surface area contributed by atoms with Crippen LogP contribution in [0.2, 0.25) is 0 Å². The average Bonchev–Trinajstić information content (AvgIpc) is 3.41. The highest BCUT2D eigenvalue weighted by atomic mass is 127. The molecule has 3 rings (SSSR count). The minimum absolute atomic E-state index is 0. The number of nitrogens with one attached hydrogen (secondary N) is 2. The van der Waals surface area contributed by atoms with Crippen molar-refractivity contribution >= 4 is 45.9 Å². The van der Waals surface area contributed by atoms with Crippen molar-refractivity contribution in [2.24, 2.45) is 4.99 Å². The molecular weight excluding hydrogens is 529 g/mol. The lowest BCUT2D eigenvalue weighted by Gasteiger charge is -2.33. The van der Waals surface area contributed by atoms with Crippen molar-refractivity contribution in [3.05, 3.63) is 34.3 Å². The molecule has 0 bridgehead atoms. The fraction of sp³-hybridized carbons (Fsp3) is 0.632. The van der Waals surface area contributed by atoms with Gasteiger partial charge in [0, 0.05) is 42.6 Å². The van der Waals surface area contributed by atoms with Gasteiger partial charge in [0.25, 0.3) is 6.43 Å². The van der Waals surface area contributed by atoms with Gasteiger partial charge < -0.3 is 10.6 Å². The molecule has 1 aliphatic carbocycles. The first-order valence-corrected chi connectivity index (χ1v) is 10.0. The monoisotopic (exact) mass is 556 g/mol. The molecule has 27 heavy (non-hydrogen) atoms. The number of hydrogen-bond donors (Lipinski definition) is 2. The molecule has 1 aromatic rings. The van der Waals surface area contributed by atoms with Gasteiger partial charge in [0.2, 0.25) is 0 Å². The highest BCUT2D eigenvalue weighted by Crippen LogP contribution is 2.49. The van der Waals surface area contributed by atoms with Crippen molar-refractivity contribution in [2.45, 2.75) is 43.6 Å². The van der Waals surface area contributed by atoms with Gasteiger partial charge in [0.15, 0.2) is 5.96 Å². The van der Waals surface area contributed by atoms with Gasteiger partial charge in [0.05, 0.1) is 6.54 Å². The minimum atomic E-state index is -2.25. The largest absolute Gasteiger partial charge is 0.356 e. The van der Waals surface area contributed by atoms with E-state index in [9.17, 15) is 8.78 Å². The molecule has 1 saturated heterocycles. The van der Waals surface area contributed by atoms with Crippen molar-refractivity contribution < 1.29 is 8.78 Å². The van der Waals surface area contributed by atoms with E-state index in [0.717, 1.165) is 29.8 Å². The molecule has 152 valence electrons. The number of hydrogen-bond acceptors (Lipinski definition) is 2. The first-order chi connectivity index (χ1) is 12.5. The van der Waals surface area contributed by atoms with Crippen molar-refractivity contribution in [3.63, 3.8) is 0 Å². The number of halogens is 4. The highest BCUT2D eigenvalue weighted by molar-refractivity contribution is 14.0. The van der Waals surface area contributed by atoms with Gasteiger partial charge in [-0.3, -0.25) is 9.89 Å². The Hall–Kier alpha value is -0.480. The lowest BCUT2D eigenvalue weighted by Crippen LogP contribution is -2.50. The quantitative estimate of drug-likeness (QED) is 0.316. The van der Waals surface area contributed by atoms with Gasteiger partial charge in [-0.15, -0.1) is 24.0 Å². The van der Waals surface area contributed by atoms with Crippen LogP contribution in [-0.2, 0) is 5.41 Å². The van der Waals surface area contributed by atoms with Gasteiger partial charge in [-0.2, -0.15) is 0 Å². The summed E-state index contributed by atoms with van der Waals surface area (Å²) >= 11 is 3.67. The van der Waals surface area contributed by atoms with Crippen LogP contribution in [-0.4, -0.2) is 56.6 Å². The molecule has 2 N–H and O–H groups in total. The molecule has 0 spiro atoms. The summed E-state index contributed by atoms with van der Waals surface area (Å²) in [4.78, 5) is 6.18. The second-order valence-electron chi connectivity index (χ2n) is 7.30. The third-order valence-corrected chi connectivity index (χ3v) is 6.13. The number of piperidine rings is 1. The van der Waals surface area contributed by atoms with Crippen molar-refractivity contribution in [3.8, 4) is 0 Å². The Labute approximate surface area is 185 Å². The van der Waals surface area contributed by atoms with Gasteiger partial charge in [-0.05, 0) is 37.3 Å². The van der Waals surface area contributed by atoms with Crippen LogP contribution in [0.25, 0.3) is 0 Å². The number of nitrogens with zero attached hydrogens (tertiary/aromatic N) is 2. The van der Waals surface area contributed by atoms with Crippen LogP contribution in [0, 0.1) is 0 Å². The highest BCUT2D eigenvalue weighted by Gasteiger charge is 2.45. The molecule has 0 amide bonds. The summed E-state index contributed by atoms with van der Waals surface area (Å²) in [6, 6.07) is 8.69. The van der Waals surface area contributed by atoms with Crippen LogP contribution in [0.3, 0.4) is 0 Å². The van der Waals surface area contributed by atoms with Crippen LogP contribution >= 0.6 is 39.9 Å². The molecule has 1 heterocycles. The fourth-order valence-corrected chi connectivity index (χ4v) is 4.38. The Morgan fingerprint density at radius 2 is 1.96 bits per heavy atom.